The van der Waals surface area contributed by atoms with Crippen molar-refractivity contribution in [1.82, 2.24) is 0 Å². The van der Waals surface area contributed by atoms with Gasteiger partial charge in [0.25, 0.3) is 0 Å². The maximum Gasteiger partial charge on any atom is 0.126 e. The van der Waals surface area contributed by atoms with Crippen LogP contribution in [0.2, 0.25) is 0 Å². The van der Waals surface area contributed by atoms with Crippen molar-refractivity contribution >= 4 is 22.6 Å². The summed E-state index contributed by atoms with van der Waals surface area (Å²) in [6.07, 6.45) is 0. The van der Waals surface area contributed by atoms with E-state index in [9.17, 15) is 4.39 Å². The average Bonchev–Trinajstić information content (AvgIpc) is 1.95. The largest absolute Gasteiger partial charge is 0.207 e. The first-order valence-corrected chi connectivity index (χ1v) is 4.57. The topological polar surface area (TPSA) is 0 Å². The Bertz CT molecular complexity index is 233. The number of hydrogen-bond donors (Lipinski definition) is 0. The predicted octanol–water partition coefficient (Wildman–Crippen LogP) is 3.07. The van der Waals surface area contributed by atoms with Gasteiger partial charge in [-0.3, -0.25) is 0 Å². The number of aryl methyl sites for hydroxylation is 1. The highest BCUT2D eigenvalue weighted by Gasteiger charge is 1.95. The molecule has 0 nitrogen and oxygen atoms in total. The zero-order valence-corrected chi connectivity index (χ0v) is 7.85. The standard InChI is InChI=1S/C8H8FI/c1-6-4-7(5-10)2-3-8(6)9/h2-4H,5H2,1H3. The van der Waals surface area contributed by atoms with E-state index >= 15 is 0 Å². The van der Waals surface area contributed by atoms with E-state index in [1.54, 1.807) is 6.92 Å². The summed E-state index contributed by atoms with van der Waals surface area (Å²) in [4.78, 5) is 0. The van der Waals surface area contributed by atoms with Gasteiger partial charge in [-0.1, -0.05) is 34.7 Å². The Kier molecular flexibility index (Phi) is 2.65. The summed E-state index contributed by atoms with van der Waals surface area (Å²) in [6.45, 7) is 1.78. The predicted molar refractivity (Wildman–Crippen MR) is 48.9 cm³/mol. The molecule has 0 fully saturated rings. The third-order valence-corrected chi connectivity index (χ3v) is 2.26. The molecule has 0 spiro atoms. The van der Waals surface area contributed by atoms with Crippen LogP contribution in [-0.4, -0.2) is 0 Å². The van der Waals surface area contributed by atoms with Crippen molar-refractivity contribution in [3.63, 3.8) is 0 Å². The minimum Gasteiger partial charge on any atom is -0.207 e. The van der Waals surface area contributed by atoms with Crippen molar-refractivity contribution in [3.8, 4) is 0 Å². The molecule has 0 radical (unpaired) electrons. The molecule has 0 heterocycles. The molecular weight excluding hydrogens is 242 g/mol. The number of rotatable bonds is 1. The van der Waals surface area contributed by atoms with Crippen molar-refractivity contribution in [3.05, 3.63) is 35.1 Å². The zero-order chi connectivity index (χ0) is 7.56. The highest BCUT2D eigenvalue weighted by Crippen LogP contribution is 2.11. The summed E-state index contributed by atoms with van der Waals surface area (Å²) in [7, 11) is 0. The van der Waals surface area contributed by atoms with E-state index in [2.05, 4.69) is 22.6 Å². The fourth-order valence-electron chi connectivity index (χ4n) is 0.790. The minimum absolute atomic E-state index is 0.117. The van der Waals surface area contributed by atoms with Gasteiger partial charge in [0, 0.05) is 4.43 Å². The quantitative estimate of drug-likeness (QED) is 0.530. The first-order chi connectivity index (χ1) is 4.74. The second kappa shape index (κ2) is 3.32. The molecular formula is C8H8FI. The summed E-state index contributed by atoms with van der Waals surface area (Å²) in [5, 5.41) is 0. The van der Waals surface area contributed by atoms with Crippen molar-refractivity contribution < 1.29 is 4.39 Å². The molecule has 0 N–H and O–H groups in total. The van der Waals surface area contributed by atoms with Crippen LogP contribution in [0.25, 0.3) is 0 Å². The molecule has 10 heavy (non-hydrogen) atoms. The summed E-state index contributed by atoms with van der Waals surface area (Å²) in [5.74, 6) is -0.117. The van der Waals surface area contributed by atoms with E-state index in [1.165, 1.54) is 11.6 Å². The Morgan fingerprint density at radius 3 is 2.70 bits per heavy atom. The maximum absolute atomic E-state index is 12.6. The molecule has 0 aromatic heterocycles. The first-order valence-electron chi connectivity index (χ1n) is 3.05. The molecule has 0 aliphatic carbocycles. The normalized spacial score (nSPS) is 9.90. The van der Waals surface area contributed by atoms with Gasteiger partial charge < -0.3 is 0 Å². The molecule has 0 aliphatic rings. The van der Waals surface area contributed by atoms with Gasteiger partial charge >= 0.3 is 0 Å². The van der Waals surface area contributed by atoms with Gasteiger partial charge in [0.05, 0.1) is 0 Å². The lowest BCUT2D eigenvalue weighted by Crippen LogP contribution is -1.83. The van der Waals surface area contributed by atoms with Crippen LogP contribution in [0.4, 0.5) is 4.39 Å². The van der Waals surface area contributed by atoms with Crippen LogP contribution < -0.4 is 0 Å². The van der Waals surface area contributed by atoms with Gasteiger partial charge in [-0.15, -0.1) is 0 Å². The van der Waals surface area contributed by atoms with E-state index in [0.717, 1.165) is 9.99 Å². The van der Waals surface area contributed by atoms with E-state index in [0.29, 0.717) is 0 Å². The fraction of sp³-hybridized carbons (Fsp3) is 0.250. The van der Waals surface area contributed by atoms with Crippen LogP contribution in [0.3, 0.4) is 0 Å². The van der Waals surface area contributed by atoms with E-state index in [-0.39, 0.29) is 5.82 Å². The minimum atomic E-state index is -0.117. The lowest BCUT2D eigenvalue weighted by Gasteiger charge is -1.97. The third-order valence-electron chi connectivity index (χ3n) is 1.38. The fourth-order valence-corrected chi connectivity index (χ4v) is 1.26. The molecule has 0 aliphatic heterocycles. The number of halogens is 2. The SMILES string of the molecule is Cc1cc(CI)ccc1F. The van der Waals surface area contributed by atoms with Crippen LogP contribution in [0.15, 0.2) is 18.2 Å². The number of hydrogen-bond acceptors (Lipinski definition) is 0. The molecule has 0 unspecified atom stereocenters. The number of alkyl halides is 1. The van der Waals surface area contributed by atoms with Crippen LogP contribution >= 0.6 is 22.6 Å². The Labute approximate surface area is 73.6 Å². The molecule has 1 aromatic rings. The second-order valence-electron chi connectivity index (χ2n) is 2.22. The molecule has 0 bridgehead atoms. The Hall–Kier alpha value is -0.120. The van der Waals surface area contributed by atoms with Crippen molar-refractivity contribution in [2.75, 3.05) is 0 Å². The van der Waals surface area contributed by atoms with Gasteiger partial charge in [0.1, 0.15) is 5.82 Å². The zero-order valence-electron chi connectivity index (χ0n) is 5.70. The smallest absolute Gasteiger partial charge is 0.126 e. The van der Waals surface area contributed by atoms with Gasteiger partial charge in [0.15, 0.2) is 0 Å². The van der Waals surface area contributed by atoms with E-state index < -0.39 is 0 Å². The van der Waals surface area contributed by atoms with Gasteiger partial charge in [-0.25, -0.2) is 4.39 Å². The molecule has 0 saturated carbocycles. The van der Waals surface area contributed by atoms with Crippen LogP contribution in [-0.2, 0) is 4.43 Å². The molecule has 54 valence electrons. The van der Waals surface area contributed by atoms with Crippen LogP contribution in [0, 0.1) is 12.7 Å². The monoisotopic (exact) mass is 250 g/mol. The average molecular weight is 250 g/mol. The van der Waals surface area contributed by atoms with E-state index in [1.807, 2.05) is 12.1 Å². The lowest BCUT2D eigenvalue weighted by atomic mass is 10.1. The van der Waals surface area contributed by atoms with Crippen molar-refractivity contribution in [2.24, 2.45) is 0 Å². The molecule has 0 amide bonds. The maximum atomic E-state index is 12.6. The Morgan fingerprint density at radius 1 is 1.50 bits per heavy atom. The first kappa shape index (κ1) is 7.98. The highest BCUT2D eigenvalue weighted by atomic mass is 127. The molecule has 2 heteroatoms. The molecule has 1 aromatic carbocycles. The van der Waals surface area contributed by atoms with Gasteiger partial charge in [0.2, 0.25) is 0 Å². The van der Waals surface area contributed by atoms with E-state index in [4.69, 9.17) is 0 Å². The number of benzene rings is 1. The summed E-state index contributed by atoms with van der Waals surface area (Å²) >= 11 is 2.26. The van der Waals surface area contributed by atoms with Crippen molar-refractivity contribution in [2.45, 2.75) is 11.4 Å². The Balaban J connectivity index is 3.04. The van der Waals surface area contributed by atoms with Crippen LogP contribution in [0.5, 0.6) is 0 Å². The molecule has 0 saturated heterocycles. The lowest BCUT2D eigenvalue weighted by molar-refractivity contribution is 0.618. The molecule has 0 atom stereocenters. The van der Waals surface area contributed by atoms with Gasteiger partial charge in [-0.05, 0) is 24.1 Å². The summed E-state index contributed by atoms with van der Waals surface area (Å²) in [6, 6.07) is 5.21. The van der Waals surface area contributed by atoms with Crippen molar-refractivity contribution in [1.29, 1.82) is 0 Å². The second-order valence-corrected chi connectivity index (χ2v) is 2.98. The molecule has 1 rings (SSSR count). The summed E-state index contributed by atoms with van der Waals surface area (Å²) < 4.78 is 13.6. The Morgan fingerprint density at radius 2 is 2.20 bits per heavy atom. The third kappa shape index (κ3) is 1.68. The van der Waals surface area contributed by atoms with Crippen LogP contribution in [0.1, 0.15) is 11.1 Å². The van der Waals surface area contributed by atoms with Gasteiger partial charge in [-0.2, -0.15) is 0 Å². The highest BCUT2D eigenvalue weighted by molar-refractivity contribution is 14.1. The summed E-state index contributed by atoms with van der Waals surface area (Å²) in [5.41, 5.74) is 1.91.